The molecule has 2 heterocycles. The van der Waals surface area contributed by atoms with Crippen LogP contribution in [0.1, 0.15) is 49.7 Å². The normalized spacial score (nSPS) is 27.1. The van der Waals surface area contributed by atoms with Gasteiger partial charge in [0, 0.05) is 32.2 Å². The maximum atomic E-state index is 12.9. The molecule has 1 aromatic rings. The lowest BCUT2D eigenvalue weighted by molar-refractivity contribution is -0.136. The number of likely N-dealkylation sites (tertiary alicyclic amines) is 2. The van der Waals surface area contributed by atoms with Gasteiger partial charge in [-0.1, -0.05) is 24.3 Å². The van der Waals surface area contributed by atoms with Crippen LogP contribution in [-0.2, 0) is 17.6 Å². The summed E-state index contributed by atoms with van der Waals surface area (Å²) in [6, 6.07) is 10.4. The van der Waals surface area contributed by atoms with Crippen molar-refractivity contribution in [3.63, 3.8) is 0 Å². The van der Waals surface area contributed by atoms with E-state index in [4.69, 9.17) is 0 Å². The van der Waals surface area contributed by atoms with Gasteiger partial charge < -0.3 is 4.90 Å². The highest BCUT2D eigenvalue weighted by atomic mass is 16.2. The van der Waals surface area contributed by atoms with Crippen molar-refractivity contribution in [3.8, 4) is 0 Å². The largest absolute Gasteiger partial charge is 0.345 e. The van der Waals surface area contributed by atoms with Crippen molar-refractivity contribution >= 4 is 5.91 Å². The van der Waals surface area contributed by atoms with Gasteiger partial charge in [0.2, 0.25) is 5.91 Å². The molecule has 1 amide bonds. The van der Waals surface area contributed by atoms with E-state index in [9.17, 15) is 4.79 Å². The Hall–Kier alpha value is -1.39. The Bertz CT molecular complexity index is 698. The van der Waals surface area contributed by atoms with Crippen molar-refractivity contribution < 1.29 is 4.79 Å². The smallest absolute Gasteiger partial charge is 0.226 e. The van der Waals surface area contributed by atoms with Crippen LogP contribution in [0.2, 0.25) is 0 Å². The van der Waals surface area contributed by atoms with Gasteiger partial charge in [-0.15, -0.1) is 0 Å². The van der Waals surface area contributed by atoms with Crippen LogP contribution < -0.4 is 0 Å². The second kappa shape index (κ2) is 8.39. The average molecular weight is 396 g/mol. The van der Waals surface area contributed by atoms with Crippen molar-refractivity contribution in [2.75, 3.05) is 39.8 Å². The van der Waals surface area contributed by atoms with E-state index in [-0.39, 0.29) is 5.92 Å². The van der Waals surface area contributed by atoms with Crippen molar-refractivity contribution in [2.24, 2.45) is 11.8 Å². The van der Waals surface area contributed by atoms with E-state index in [2.05, 4.69) is 34.1 Å². The molecule has 2 saturated heterocycles. The first-order chi connectivity index (χ1) is 14.2. The van der Waals surface area contributed by atoms with Crippen molar-refractivity contribution in [1.82, 2.24) is 14.7 Å². The Balaban J connectivity index is 1.11. The van der Waals surface area contributed by atoms with Gasteiger partial charge in [0.25, 0.3) is 0 Å². The molecule has 29 heavy (non-hydrogen) atoms. The van der Waals surface area contributed by atoms with E-state index in [1.54, 1.807) is 11.1 Å². The third-order valence-electron chi connectivity index (χ3n) is 7.97. The first-order valence-corrected chi connectivity index (χ1v) is 12.0. The summed E-state index contributed by atoms with van der Waals surface area (Å²) >= 11 is 0. The number of amides is 1. The topological polar surface area (TPSA) is 26.8 Å². The molecule has 3 fully saturated rings. The van der Waals surface area contributed by atoms with E-state index in [0.717, 1.165) is 25.4 Å². The Morgan fingerprint density at radius 1 is 0.931 bits per heavy atom. The van der Waals surface area contributed by atoms with Crippen LogP contribution in [0.5, 0.6) is 0 Å². The molecule has 2 aliphatic heterocycles. The fourth-order valence-corrected chi connectivity index (χ4v) is 6.04. The lowest BCUT2D eigenvalue weighted by Gasteiger charge is -2.43. The Morgan fingerprint density at radius 2 is 1.62 bits per heavy atom. The molecule has 5 rings (SSSR count). The lowest BCUT2D eigenvalue weighted by Crippen LogP contribution is -2.52. The fraction of sp³-hybridized carbons (Fsp3) is 0.720. The quantitative estimate of drug-likeness (QED) is 0.766. The third-order valence-corrected chi connectivity index (χ3v) is 7.97. The van der Waals surface area contributed by atoms with E-state index >= 15 is 0 Å². The highest BCUT2D eigenvalue weighted by Gasteiger charge is 2.36. The number of hydrogen-bond acceptors (Lipinski definition) is 3. The number of carbonyl (C=O) groups excluding carboxylic acids is 1. The SMILES string of the molecule is CN(CC1CC1)C(=O)[C@@H]1CCCN(C2CCN(C3Cc4ccccc4C3)CC2)C1. The van der Waals surface area contributed by atoms with Gasteiger partial charge in [0.15, 0.2) is 0 Å². The summed E-state index contributed by atoms with van der Waals surface area (Å²) in [4.78, 5) is 20.4. The maximum absolute atomic E-state index is 12.9. The summed E-state index contributed by atoms with van der Waals surface area (Å²) in [7, 11) is 2.03. The highest BCUT2D eigenvalue weighted by molar-refractivity contribution is 5.79. The Labute approximate surface area is 176 Å². The zero-order valence-electron chi connectivity index (χ0n) is 18.1. The predicted octanol–water partition coefficient (Wildman–Crippen LogP) is 3.20. The van der Waals surface area contributed by atoms with Crippen LogP contribution in [-0.4, -0.2) is 72.5 Å². The van der Waals surface area contributed by atoms with Crippen molar-refractivity contribution in [2.45, 2.75) is 63.5 Å². The molecule has 2 aliphatic carbocycles. The minimum Gasteiger partial charge on any atom is -0.345 e. The zero-order chi connectivity index (χ0) is 19.8. The van der Waals surface area contributed by atoms with Crippen molar-refractivity contribution in [1.29, 1.82) is 0 Å². The van der Waals surface area contributed by atoms with E-state index in [1.807, 2.05) is 11.9 Å². The average Bonchev–Trinajstić information content (AvgIpc) is 3.47. The van der Waals surface area contributed by atoms with Crippen LogP contribution in [0.25, 0.3) is 0 Å². The van der Waals surface area contributed by atoms with Gasteiger partial charge in [-0.3, -0.25) is 14.6 Å². The Kier molecular flexibility index (Phi) is 5.66. The monoisotopic (exact) mass is 395 g/mol. The summed E-state index contributed by atoms with van der Waals surface area (Å²) in [6.07, 6.45) is 9.91. The van der Waals surface area contributed by atoms with Crippen LogP contribution in [0.15, 0.2) is 24.3 Å². The molecule has 0 spiro atoms. The highest BCUT2D eigenvalue weighted by Crippen LogP contribution is 2.32. The number of carbonyl (C=O) groups is 1. The summed E-state index contributed by atoms with van der Waals surface area (Å²) in [5, 5.41) is 0. The molecule has 1 atom stereocenters. The molecule has 0 aromatic heterocycles. The minimum absolute atomic E-state index is 0.231. The Morgan fingerprint density at radius 3 is 2.28 bits per heavy atom. The van der Waals surface area contributed by atoms with Crippen LogP contribution in [0.3, 0.4) is 0 Å². The van der Waals surface area contributed by atoms with Crippen LogP contribution in [0, 0.1) is 11.8 Å². The van der Waals surface area contributed by atoms with Gasteiger partial charge >= 0.3 is 0 Å². The van der Waals surface area contributed by atoms with Crippen LogP contribution >= 0.6 is 0 Å². The molecule has 1 saturated carbocycles. The molecule has 1 aromatic carbocycles. The molecule has 0 N–H and O–H groups in total. The third kappa shape index (κ3) is 4.39. The zero-order valence-corrected chi connectivity index (χ0v) is 18.1. The van der Waals surface area contributed by atoms with Gasteiger partial charge in [-0.05, 0) is 88.0 Å². The molecule has 4 nitrogen and oxygen atoms in total. The van der Waals surface area contributed by atoms with E-state index < -0.39 is 0 Å². The predicted molar refractivity (Wildman–Crippen MR) is 117 cm³/mol. The molecule has 4 heteroatoms. The number of rotatable bonds is 5. The summed E-state index contributed by atoms with van der Waals surface area (Å²) in [5.41, 5.74) is 3.12. The summed E-state index contributed by atoms with van der Waals surface area (Å²) < 4.78 is 0. The molecular formula is C25H37N3O. The first-order valence-electron chi connectivity index (χ1n) is 12.0. The van der Waals surface area contributed by atoms with Crippen LogP contribution in [0.4, 0.5) is 0 Å². The van der Waals surface area contributed by atoms with Crippen molar-refractivity contribution in [3.05, 3.63) is 35.4 Å². The number of benzene rings is 1. The first kappa shape index (κ1) is 19.6. The molecular weight excluding hydrogens is 358 g/mol. The number of nitrogens with zero attached hydrogens (tertiary/aromatic N) is 3. The fourth-order valence-electron chi connectivity index (χ4n) is 6.04. The standard InChI is InChI=1S/C25H37N3O/c1-26(17-19-8-9-19)25(29)22-7-4-12-28(18-22)23-10-13-27(14-11-23)24-15-20-5-2-3-6-21(20)16-24/h2-3,5-6,19,22-24H,4,7-18H2,1H3/t22-/m1/s1. The van der Waals surface area contributed by atoms with E-state index in [1.165, 1.54) is 64.6 Å². The second-order valence-electron chi connectivity index (χ2n) is 10.1. The minimum atomic E-state index is 0.231. The lowest BCUT2D eigenvalue weighted by atomic mass is 9.92. The number of piperidine rings is 2. The van der Waals surface area contributed by atoms with Gasteiger partial charge in [0.1, 0.15) is 0 Å². The molecule has 0 bridgehead atoms. The van der Waals surface area contributed by atoms with E-state index in [0.29, 0.717) is 18.0 Å². The molecule has 0 radical (unpaired) electrons. The van der Waals surface area contributed by atoms with Gasteiger partial charge in [0.05, 0.1) is 5.92 Å². The van der Waals surface area contributed by atoms with Gasteiger partial charge in [-0.2, -0.15) is 0 Å². The molecule has 0 unspecified atom stereocenters. The summed E-state index contributed by atoms with van der Waals surface area (Å²) in [5.74, 6) is 1.42. The number of hydrogen-bond donors (Lipinski definition) is 0. The van der Waals surface area contributed by atoms with Gasteiger partial charge in [-0.25, -0.2) is 0 Å². The number of fused-ring (bicyclic) bond motifs is 1. The molecule has 158 valence electrons. The second-order valence-corrected chi connectivity index (χ2v) is 10.1. The summed E-state index contributed by atoms with van der Waals surface area (Å²) in [6.45, 7) is 5.61. The molecule has 4 aliphatic rings. The maximum Gasteiger partial charge on any atom is 0.226 e.